The predicted octanol–water partition coefficient (Wildman–Crippen LogP) is 2.17. The first-order valence-electron chi connectivity index (χ1n) is 6.82. The second kappa shape index (κ2) is 5.20. The summed E-state index contributed by atoms with van der Waals surface area (Å²) in [7, 11) is 0. The van der Waals surface area contributed by atoms with E-state index in [1.165, 1.54) is 6.07 Å². The summed E-state index contributed by atoms with van der Waals surface area (Å²) in [6.07, 6.45) is 4.07. The van der Waals surface area contributed by atoms with Crippen molar-refractivity contribution < 1.29 is 14.5 Å². The second-order valence-corrected chi connectivity index (χ2v) is 5.22. The number of fused-ring (bicyclic) bond motifs is 1. The summed E-state index contributed by atoms with van der Waals surface area (Å²) < 4.78 is 5.75. The van der Waals surface area contributed by atoms with Crippen molar-refractivity contribution in [1.82, 2.24) is 0 Å². The Morgan fingerprint density at radius 3 is 3.00 bits per heavy atom. The molecule has 1 aliphatic heterocycles. The Kier molecular flexibility index (Phi) is 3.40. The Hall–Kier alpha value is -1.95. The molecule has 0 radical (unpaired) electrons. The summed E-state index contributed by atoms with van der Waals surface area (Å²) in [5.41, 5.74) is 0.867. The molecule has 106 valence electrons. The summed E-state index contributed by atoms with van der Waals surface area (Å²) in [4.78, 5) is 23.6. The highest BCUT2D eigenvalue weighted by Gasteiger charge is 2.36. The molecule has 1 aromatic carbocycles. The first-order chi connectivity index (χ1) is 9.70. The molecule has 6 heteroatoms. The molecule has 0 bridgehead atoms. The maximum atomic E-state index is 11.0. The van der Waals surface area contributed by atoms with Gasteiger partial charge in [-0.1, -0.05) is 0 Å². The number of carbonyl (C=O) groups is 1. The molecule has 2 fully saturated rings. The Balaban J connectivity index is 1.93. The summed E-state index contributed by atoms with van der Waals surface area (Å²) in [6, 6.07) is 5.08. The third-order valence-corrected chi connectivity index (χ3v) is 4.15. The number of nitro groups is 1. The largest absolute Gasteiger partial charge is 0.374 e. The predicted molar refractivity (Wildman–Crippen MR) is 73.2 cm³/mol. The van der Waals surface area contributed by atoms with Crippen LogP contribution in [0, 0.1) is 10.1 Å². The number of aldehydes is 1. The lowest BCUT2D eigenvalue weighted by molar-refractivity contribution is -0.385. The van der Waals surface area contributed by atoms with Gasteiger partial charge in [-0.3, -0.25) is 14.9 Å². The Morgan fingerprint density at radius 1 is 1.40 bits per heavy atom. The first kappa shape index (κ1) is 13.1. The van der Waals surface area contributed by atoms with Crippen LogP contribution >= 0.6 is 0 Å². The minimum absolute atomic E-state index is 0.133. The molecule has 2 aliphatic rings. The van der Waals surface area contributed by atoms with E-state index in [1.54, 1.807) is 12.1 Å². The molecule has 6 nitrogen and oxygen atoms in total. The molecule has 2 unspecified atom stereocenters. The number of hydrogen-bond acceptors (Lipinski definition) is 5. The number of rotatable bonds is 3. The monoisotopic (exact) mass is 276 g/mol. The molecule has 0 amide bonds. The standard InChI is InChI=1S/C14H16N2O4/c17-9-10-8-11(4-5-12(10)16(18)19)15-6-7-20-14-3-1-2-13(14)15/h4-5,8-9,13-14H,1-3,6-7H2. The van der Waals surface area contributed by atoms with Gasteiger partial charge in [0.05, 0.1) is 29.2 Å². The van der Waals surface area contributed by atoms with E-state index in [9.17, 15) is 14.9 Å². The number of hydrogen-bond donors (Lipinski definition) is 0. The number of nitrogens with zero attached hydrogens (tertiary/aromatic N) is 2. The Bertz CT molecular complexity index is 546. The molecule has 20 heavy (non-hydrogen) atoms. The second-order valence-electron chi connectivity index (χ2n) is 5.22. The SMILES string of the molecule is O=Cc1cc(N2CCOC3CCCC32)ccc1[N+](=O)[O-]. The van der Waals surface area contributed by atoms with Crippen molar-refractivity contribution >= 4 is 17.7 Å². The van der Waals surface area contributed by atoms with Crippen LogP contribution < -0.4 is 4.90 Å². The average Bonchev–Trinajstić information content (AvgIpc) is 2.94. The van der Waals surface area contributed by atoms with Crippen LogP contribution in [0.4, 0.5) is 11.4 Å². The highest BCUT2D eigenvalue weighted by molar-refractivity contribution is 5.83. The molecule has 0 aromatic heterocycles. The minimum atomic E-state index is -0.523. The summed E-state index contributed by atoms with van der Waals surface area (Å²) >= 11 is 0. The van der Waals surface area contributed by atoms with E-state index in [0.29, 0.717) is 18.9 Å². The fourth-order valence-corrected chi connectivity index (χ4v) is 3.23. The topological polar surface area (TPSA) is 72.7 Å². The molecular weight excluding hydrogens is 260 g/mol. The van der Waals surface area contributed by atoms with Crippen molar-refractivity contribution in [3.05, 3.63) is 33.9 Å². The molecule has 3 rings (SSSR count). The number of carbonyl (C=O) groups excluding carboxylic acids is 1. The van der Waals surface area contributed by atoms with Gasteiger partial charge in [0, 0.05) is 18.3 Å². The lowest BCUT2D eigenvalue weighted by atomic mass is 10.1. The van der Waals surface area contributed by atoms with Crippen LogP contribution in [0.2, 0.25) is 0 Å². The van der Waals surface area contributed by atoms with Gasteiger partial charge < -0.3 is 9.64 Å². The van der Waals surface area contributed by atoms with Crippen LogP contribution in [0.1, 0.15) is 29.6 Å². The van der Waals surface area contributed by atoms with Crippen LogP contribution in [-0.4, -0.2) is 36.5 Å². The van der Waals surface area contributed by atoms with E-state index in [1.807, 2.05) is 0 Å². The Labute approximate surface area is 116 Å². The molecule has 1 aliphatic carbocycles. The molecule has 1 aromatic rings. The van der Waals surface area contributed by atoms with Gasteiger partial charge in [-0.15, -0.1) is 0 Å². The van der Waals surface area contributed by atoms with Gasteiger partial charge in [0.2, 0.25) is 0 Å². The molecule has 2 atom stereocenters. The zero-order chi connectivity index (χ0) is 14.1. The van der Waals surface area contributed by atoms with Gasteiger partial charge in [0.1, 0.15) is 0 Å². The van der Waals surface area contributed by atoms with Crippen molar-refractivity contribution in [2.75, 3.05) is 18.1 Å². The highest BCUT2D eigenvalue weighted by Crippen LogP contribution is 2.34. The minimum Gasteiger partial charge on any atom is -0.374 e. The van der Waals surface area contributed by atoms with Crippen molar-refractivity contribution in [3.8, 4) is 0 Å². The van der Waals surface area contributed by atoms with E-state index < -0.39 is 4.92 Å². The lowest BCUT2D eigenvalue weighted by Gasteiger charge is -2.39. The zero-order valence-electron chi connectivity index (χ0n) is 11.0. The van der Waals surface area contributed by atoms with Gasteiger partial charge in [-0.2, -0.15) is 0 Å². The quantitative estimate of drug-likeness (QED) is 0.480. The normalized spacial score (nSPS) is 25.3. The average molecular weight is 276 g/mol. The van der Waals surface area contributed by atoms with Crippen LogP contribution in [0.25, 0.3) is 0 Å². The lowest BCUT2D eigenvalue weighted by Crippen LogP contribution is -2.48. The molecule has 0 spiro atoms. The van der Waals surface area contributed by atoms with Gasteiger partial charge in [-0.05, 0) is 31.4 Å². The van der Waals surface area contributed by atoms with Crippen LogP contribution in [0.5, 0.6) is 0 Å². The van der Waals surface area contributed by atoms with Crippen molar-refractivity contribution in [1.29, 1.82) is 0 Å². The van der Waals surface area contributed by atoms with E-state index in [4.69, 9.17) is 4.74 Å². The van der Waals surface area contributed by atoms with Gasteiger partial charge in [0.15, 0.2) is 6.29 Å². The molecule has 1 saturated heterocycles. The molecule has 1 saturated carbocycles. The summed E-state index contributed by atoms with van der Waals surface area (Å²) in [6.45, 7) is 1.42. The van der Waals surface area contributed by atoms with Crippen molar-refractivity contribution in [2.24, 2.45) is 0 Å². The van der Waals surface area contributed by atoms with Gasteiger partial charge >= 0.3 is 0 Å². The Morgan fingerprint density at radius 2 is 2.25 bits per heavy atom. The van der Waals surface area contributed by atoms with Crippen molar-refractivity contribution in [3.63, 3.8) is 0 Å². The third kappa shape index (κ3) is 2.16. The number of benzene rings is 1. The van der Waals surface area contributed by atoms with Crippen LogP contribution in [-0.2, 0) is 4.74 Å². The number of nitro benzene ring substituents is 1. The van der Waals surface area contributed by atoms with Gasteiger partial charge in [0.25, 0.3) is 5.69 Å². The zero-order valence-corrected chi connectivity index (χ0v) is 11.0. The van der Waals surface area contributed by atoms with E-state index in [-0.39, 0.29) is 17.4 Å². The van der Waals surface area contributed by atoms with E-state index >= 15 is 0 Å². The van der Waals surface area contributed by atoms with E-state index in [0.717, 1.165) is 31.5 Å². The van der Waals surface area contributed by atoms with Crippen LogP contribution in [0.3, 0.4) is 0 Å². The smallest absolute Gasteiger partial charge is 0.280 e. The molecule has 1 heterocycles. The number of ether oxygens (including phenoxy) is 1. The highest BCUT2D eigenvalue weighted by atomic mass is 16.6. The third-order valence-electron chi connectivity index (χ3n) is 4.15. The summed E-state index contributed by atoms with van der Waals surface area (Å²) in [5.74, 6) is 0. The fourth-order valence-electron chi connectivity index (χ4n) is 3.23. The van der Waals surface area contributed by atoms with Crippen molar-refractivity contribution in [2.45, 2.75) is 31.4 Å². The summed E-state index contributed by atoms with van der Waals surface area (Å²) in [5, 5.41) is 10.9. The molecular formula is C14H16N2O4. The first-order valence-corrected chi connectivity index (χ1v) is 6.82. The van der Waals surface area contributed by atoms with E-state index in [2.05, 4.69) is 4.90 Å². The number of anilines is 1. The maximum absolute atomic E-state index is 11.0. The maximum Gasteiger partial charge on any atom is 0.280 e. The fraction of sp³-hybridized carbons (Fsp3) is 0.500. The van der Waals surface area contributed by atoms with Crippen LogP contribution in [0.15, 0.2) is 18.2 Å². The van der Waals surface area contributed by atoms with Gasteiger partial charge in [-0.25, -0.2) is 0 Å². The molecule has 0 N–H and O–H groups in total. The number of morpholine rings is 1.